The van der Waals surface area contributed by atoms with Gasteiger partial charge in [0.25, 0.3) is 5.91 Å². The number of nitrogens with zero attached hydrogens (tertiary/aromatic N) is 3. The number of carbonyl (C=O) groups is 1. The Kier molecular flexibility index (Phi) is 8.35. The van der Waals surface area contributed by atoms with Crippen LogP contribution in [0.25, 0.3) is 11.1 Å². The van der Waals surface area contributed by atoms with Crippen LogP contribution in [0.3, 0.4) is 0 Å². The first kappa shape index (κ1) is 28.2. The summed E-state index contributed by atoms with van der Waals surface area (Å²) in [6.45, 7) is 3.30. The second kappa shape index (κ2) is 11.5. The monoisotopic (exact) mass is 551 g/mol. The maximum atomic E-state index is 13.7. The highest BCUT2D eigenvalue weighted by Crippen LogP contribution is 2.36. The van der Waals surface area contributed by atoms with Gasteiger partial charge in [-0.1, -0.05) is 25.1 Å². The number of halogens is 1. The van der Waals surface area contributed by atoms with Gasteiger partial charge in [-0.05, 0) is 66.6 Å². The fourth-order valence-corrected chi connectivity index (χ4v) is 6.38. The van der Waals surface area contributed by atoms with Crippen LogP contribution in [0.15, 0.2) is 71.6 Å². The van der Waals surface area contributed by atoms with Gasteiger partial charge in [-0.3, -0.25) is 4.79 Å². The molecule has 0 radical (unpaired) electrons. The number of sulfonamides is 1. The smallest absolute Gasteiger partial charge is 0.253 e. The molecule has 1 N–H and O–H groups in total. The van der Waals surface area contributed by atoms with E-state index in [1.165, 1.54) is 39.5 Å². The van der Waals surface area contributed by atoms with E-state index >= 15 is 0 Å². The molecule has 39 heavy (non-hydrogen) atoms. The molecule has 1 aliphatic heterocycles. The van der Waals surface area contributed by atoms with Crippen molar-refractivity contribution in [2.24, 2.45) is 5.92 Å². The summed E-state index contributed by atoms with van der Waals surface area (Å²) in [5.41, 5.74) is 2.15. The number of benzene rings is 3. The fourth-order valence-electron chi connectivity index (χ4n) is 4.56. The highest BCUT2D eigenvalue weighted by Gasteiger charge is 2.38. The first-order chi connectivity index (χ1) is 18.5. The molecule has 0 saturated carbocycles. The van der Waals surface area contributed by atoms with Crippen LogP contribution in [-0.2, 0) is 10.0 Å². The number of ether oxygens (including phenoxy) is 1. The minimum Gasteiger partial charge on any atom is -0.487 e. The van der Waals surface area contributed by atoms with Gasteiger partial charge in [0.2, 0.25) is 10.0 Å². The summed E-state index contributed by atoms with van der Waals surface area (Å²) in [5.74, 6) is -1.03. The number of nitriles is 1. The van der Waals surface area contributed by atoms with Crippen LogP contribution >= 0.6 is 0 Å². The minimum absolute atomic E-state index is 0.0487. The van der Waals surface area contributed by atoms with Crippen molar-refractivity contribution in [1.29, 1.82) is 5.26 Å². The summed E-state index contributed by atoms with van der Waals surface area (Å²) in [4.78, 5) is 14.5. The van der Waals surface area contributed by atoms with Gasteiger partial charge in [0.1, 0.15) is 22.6 Å². The summed E-state index contributed by atoms with van der Waals surface area (Å²) >= 11 is 0. The third kappa shape index (κ3) is 5.96. The number of hydrogen-bond donors (Lipinski definition) is 1. The number of fused-ring (bicyclic) bond motifs is 1. The van der Waals surface area contributed by atoms with Crippen LogP contribution in [0.1, 0.15) is 29.8 Å². The molecule has 0 spiro atoms. The molecule has 3 aromatic rings. The molecule has 1 heterocycles. The molecule has 204 valence electrons. The van der Waals surface area contributed by atoms with Crippen LogP contribution < -0.4 is 4.74 Å². The molecule has 3 atom stereocenters. The number of aliphatic hydroxyl groups excluding tert-OH is 1. The quantitative estimate of drug-likeness (QED) is 0.498. The molecule has 4 rings (SSSR count). The molecular weight excluding hydrogens is 521 g/mol. The van der Waals surface area contributed by atoms with Crippen molar-refractivity contribution in [3.05, 3.63) is 83.7 Å². The predicted molar refractivity (Wildman–Crippen MR) is 144 cm³/mol. The van der Waals surface area contributed by atoms with Gasteiger partial charge in [-0.2, -0.15) is 9.57 Å². The molecule has 0 saturated heterocycles. The highest BCUT2D eigenvalue weighted by molar-refractivity contribution is 7.89. The molecule has 0 aromatic heterocycles. The Bertz CT molecular complexity index is 1500. The van der Waals surface area contributed by atoms with E-state index in [1.54, 1.807) is 44.3 Å². The number of aliphatic hydroxyl groups is 1. The standard InChI is InChI=1S/C29H30FN3O5S/c1-19-16-33(20(2)18-34)39(36,37)28-12-9-24(23-6-4-5-21(13-23)15-31)14-26(28)38-27(19)17-32(3)29(35)22-7-10-25(30)11-8-22/h4-14,19-20,27,34H,16-18H2,1-3H3/t19-,20-,27+/m1/s1. The van der Waals surface area contributed by atoms with E-state index < -0.39 is 28.0 Å². The molecular formula is C29H30FN3O5S. The van der Waals surface area contributed by atoms with Crippen LogP contribution in [0.2, 0.25) is 0 Å². The molecule has 3 aromatic carbocycles. The summed E-state index contributed by atoms with van der Waals surface area (Å²) < 4.78 is 48.4. The largest absolute Gasteiger partial charge is 0.487 e. The maximum absolute atomic E-state index is 13.7. The average molecular weight is 552 g/mol. The molecule has 10 heteroatoms. The molecule has 1 aliphatic rings. The van der Waals surface area contributed by atoms with Crippen LogP contribution in [0.4, 0.5) is 4.39 Å². The number of amides is 1. The molecule has 0 aliphatic carbocycles. The topological polar surface area (TPSA) is 111 Å². The van der Waals surface area contributed by atoms with E-state index in [9.17, 15) is 28.0 Å². The zero-order valence-corrected chi connectivity index (χ0v) is 22.7. The Balaban J connectivity index is 1.75. The number of rotatable bonds is 6. The summed E-state index contributed by atoms with van der Waals surface area (Å²) in [7, 11) is -2.43. The third-order valence-electron chi connectivity index (χ3n) is 6.88. The Morgan fingerprint density at radius 2 is 1.87 bits per heavy atom. The maximum Gasteiger partial charge on any atom is 0.253 e. The Labute approximate surface area is 227 Å². The number of likely N-dealkylation sites (N-methyl/N-ethyl adjacent to an activating group) is 1. The van der Waals surface area contributed by atoms with Crippen molar-refractivity contribution in [2.45, 2.75) is 30.9 Å². The lowest BCUT2D eigenvalue weighted by Crippen LogP contribution is -2.50. The molecule has 8 nitrogen and oxygen atoms in total. The van der Waals surface area contributed by atoms with Crippen molar-refractivity contribution < 1.29 is 27.4 Å². The zero-order valence-electron chi connectivity index (χ0n) is 21.9. The van der Waals surface area contributed by atoms with E-state index in [0.29, 0.717) is 22.3 Å². The van der Waals surface area contributed by atoms with Gasteiger partial charge >= 0.3 is 0 Å². The van der Waals surface area contributed by atoms with Crippen molar-refractivity contribution in [1.82, 2.24) is 9.21 Å². The first-order valence-corrected chi connectivity index (χ1v) is 13.9. The number of carbonyl (C=O) groups excluding carboxylic acids is 1. The normalized spacial score (nSPS) is 19.5. The molecule has 0 unspecified atom stereocenters. The van der Waals surface area contributed by atoms with Gasteiger partial charge in [0.15, 0.2) is 0 Å². The SMILES string of the molecule is C[C@@H]1CN([C@H](C)CO)S(=O)(=O)c2ccc(-c3cccc(C#N)c3)cc2O[C@H]1CN(C)C(=O)c1ccc(F)cc1. The van der Waals surface area contributed by atoms with Gasteiger partial charge in [0, 0.05) is 31.1 Å². The summed E-state index contributed by atoms with van der Waals surface area (Å²) in [6.07, 6.45) is -0.609. The first-order valence-electron chi connectivity index (χ1n) is 12.5. The summed E-state index contributed by atoms with van der Waals surface area (Å²) in [6, 6.07) is 18.4. The lowest BCUT2D eigenvalue weighted by Gasteiger charge is -2.37. The second-order valence-corrected chi connectivity index (χ2v) is 11.6. The van der Waals surface area contributed by atoms with Gasteiger partial charge < -0.3 is 14.7 Å². The molecule has 0 fully saturated rings. The average Bonchev–Trinajstić information content (AvgIpc) is 2.94. The lowest BCUT2D eigenvalue weighted by atomic mass is 10.0. The Morgan fingerprint density at radius 3 is 2.54 bits per heavy atom. The van der Waals surface area contributed by atoms with Crippen molar-refractivity contribution in [2.75, 3.05) is 26.7 Å². The van der Waals surface area contributed by atoms with E-state index in [0.717, 1.165) is 0 Å². The van der Waals surface area contributed by atoms with Crippen molar-refractivity contribution >= 4 is 15.9 Å². The Hall–Kier alpha value is -3.78. The van der Waals surface area contributed by atoms with Crippen LogP contribution in [0.5, 0.6) is 5.75 Å². The zero-order chi connectivity index (χ0) is 28.3. The second-order valence-electron chi connectivity index (χ2n) is 9.79. The van der Waals surface area contributed by atoms with E-state index in [2.05, 4.69) is 6.07 Å². The van der Waals surface area contributed by atoms with E-state index in [4.69, 9.17) is 4.74 Å². The molecule has 0 bridgehead atoms. The fraction of sp³-hybridized carbons (Fsp3) is 0.310. The predicted octanol–water partition coefficient (Wildman–Crippen LogP) is 3.91. The van der Waals surface area contributed by atoms with Crippen LogP contribution in [0, 0.1) is 23.1 Å². The highest BCUT2D eigenvalue weighted by atomic mass is 32.2. The van der Waals surface area contributed by atoms with Crippen LogP contribution in [-0.4, -0.2) is 67.5 Å². The third-order valence-corrected chi connectivity index (χ3v) is 8.90. The van der Waals surface area contributed by atoms with E-state index in [1.807, 2.05) is 13.0 Å². The minimum atomic E-state index is -4.03. The van der Waals surface area contributed by atoms with Crippen molar-refractivity contribution in [3.63, 3.8) is 0 Å². The van der Waals surface area contributed by atoms with Gasteiger partial charge in [-0.15, -0.1) is 0 Å². The van der Waals surface area contributed by atoms with Crippen molar-refractivity contribution in [3.8, 4) is 22.9 Å². The number of hydrogen-bond acceptors (Lipinski definition) is 6. The molecule has 1 amide bonds. The van der Waals surface area contributed by atoms with E-state index in [-0.39, 0.29) is 42.2 Å². The lowest BCUT2D eigenvalue weighted by molar-refractivity contribution is 0.0564. The van der Waals surface area contributed by atoms with Gasteiger partial charge in [0.05, 0.1) is 24.8 Å². The van der Waals surface area contributed by atoms with Gasteiger partial charge in [-0.25, -0.2) is 12.8 Å². The Morgan fingerprint density at radius 1 is 1.18 bits per heavy atom. The summed E-state index contributed by atoms with van der Waals surface area (Å²) in [5, 5.41) is 19.1.